The third-order valence-corrected chi connectivity index (χ3v) is 6.27. The summed E-state index contributed by atoms with van der Waals surface area (Å²) in [7, 11) is 3.17. The third-order valence-electron chi connectivity index (χ3n) is 5.00. The Hall–Kier alpha value is -2.85. The number of halogens is 2. The molecular weight excluding hydrogens is 544 g/mol. The van der Waals surface area contributed by atoms with E-state index in [9.17, 15) is 4.79 Å². The zero-order valence-electron chi connectivity index (χ0n) is 17.6. The number of H-pyrrole nitrogens is 1. The summed E-state index contributed by atoms with van der Waals surface area (Å²) in [6.45, 7) is 2.02. The molecule has 10 heteroatoms. The molecule has 2 heterocycles. The Kier molecular flexibility index (Phi) is 6.52. The van der Waals surface area contributed by atoms with Crippen LogP contribution in [-0.2, 0) is 6.42 Å². The zero-order chi connectivity index (χ0) is 22.8. The van der Waals surface area contributed by atoms with Crippen LogP contribution in [0, 0.1) is 0 Å². The average molecular weight is 564 g/mol. The van der Waals surface area contributed by atoms with Crippen LogP contribution in [0.1, 0.15) is 23.1 Å². The molecule has 0 unspecified atom stereocenters. The topological polar surface area (TPSA) is 102 Å². The summed E-state index contributed by atoms with van der Waals surface area (Å²) >= 11 is 7.00. The molecule has 166 valence electrons. The second-order valence-corrected chi connectivity index (χ2v) is 8.62. The Balaban J connectivity index is 1.60. The fraction of sp³-hybridized carbons (Fsp3) is 0.227. The molecule has 0 aliphatic heterocycles. The number of carbonyl (C=O) groups excluding carboxylic acids is 1. The highest BCUT2D eigenvalue weighted by Crippen LogP contribution is 2.37. The van der Waals surface area contributed by atoms with Crippen molar-refractivity contribution in [3.05, 3.63) is 50.8 Å². The number of fused-ring (bicyclic) bond motifs is 1. The Bertz CT molecular complexity index is 1300. The van der Waals surface area contributed by atoms with Crippen LogP contribution in [-0.4, -0.2) is 41.7 Å². The highest BCUT2D eigenvalue weighted by molar-refractivity contribution is 9.11. The summed E-state index contributed by atoms with van der Waals surface area (Å²) in [4.78, 5) is 20.5. The summed E-state index contributed by atoms with van der Waals surface area (Å²) in [5.74, 6) is 2.20. The van der Waals surface area contributed by atoms with Gasteiger partial charge < -0.3 is 24.3 Å². The minimum Gasteiger partial charge on any atom is -0.495 e. The second kappa shape index (κ2) is 9.33. The van der Waals surface area contributed by atoms with Gasteiger partial charge in [-0.15, -0.1) is 0 Å². The number of benzene rings is 2. The first-order chi connectivity index (χ1) is 15.4. The number of hydrogen-bond acceptors (Lipinski definition) is 7. The molecule has 0 saturated heterocycles. The van der Waals surface area contributed by atoms with Crippen LogP contribution < -0.4 is 14.8 Å². The van der Waals surface area contributed by atoms with Crippen molar-refractivity contribution in [1.82, 2.24) is 15.1 Å². The number of hydrogen-bond donors (Lipinski definition) is 2. The standard InChI is InChI=1S/C22H20Br2N4O4/c1-4-21-27-22(32-28-21)12-6-17(20(31-3)7-14(12)23)26-10-18(29)13-9-25-16-8-19(30-2)15(24)5-11(13)16/h5-9,25-26H,4,10H2,1-3H3. The fourth-order valence-electron chi connectivity index (χ4n) is 3.31. The van der Waals surface area contributed by atoms with Crippen molar-refractivity contribution in [3.63, 3.8) is 0 Å². The largest absolute Gasteiger partial charge is 0.495 e. The van der Waals surface area contributed by atoms with E-state index in [1.54, 1.807) is 26.5 Å². The molecule has 4 aromatic rings. The van der Waals surface area contributed by atoms with E-state index in [4.69, 9.17) is 14.0 Å². The third kappa shape index (κ3) is 4.24. The molecule has 0 bridgehead atoms. The fourth-order valence-corrected chi connectivity index (χ4v) is 4.31. The second-order valence-electron chi connectivity index (χ2n) is 6.91. The number of aromatic nitrogens is 3. The minimum absolute atomic E-state index is 0.0675. The number of anilines is 1. The van der Waals surface area contributed by atoms with Crippen molar-refractivity contribution >= 4 is 54.2 Å². The molecule has 0 atom stereocenters. The van der Waals surface area contributed by atoms with Gasteiger partial charge in [-0.25, -0.2) is 0 Å². The number of methoxy groups -OCH3 is 2. The molecule has 4 rings (SSSR count). The van der Waals surface area contributed by atoms with Gasteiger partial charge in [-0.2, -0.15) is 4.98 Å². The van der Waals surface area contributed by atoms with E-state index in [1.807, 2.05) is 25.1 Å². The zero-order valence-corrected chi connectivity index (χ0v) is 20.8. The summed E-state index contributed by atoms with van der Waals surface area (Å²) in [5, 5.41) is 7.94. The van der Waals surface area contributed by atoms with Crippen LogP contribution in [0.15, 0.2) is 43.9 Å². The lowest BCUT2D eigenvalue weighted by atomic mass is 10.1. The van der Waals surface area contributed by atoms with Gasteiger partial charge in [0.05, 0.1) is 36.5 Å². The number of aromatic amines is 1. The number of Topliss-reactive ketones (excluding diaryl/α,β-unsaturated/α-hetero) is 1. The number of rotatable bonds is 8. The molecule has 0 saturated carbocycles. The van der Waals surface area contributed by atoms with Crippen LogP contribution in [0.3, 0.4) is 0 Å². The van der Waals surface area contributed by atoms with Gasteiger partial charge >= 0.3 is 0 Å². The maximum atomic E-state index is 13.0. The number of carbonyl (C=O) groups is 1. The number of ketones is 1. The first kappa shape index (κ1) is 22.3. The first-order valence-electron chi connectivity index (χ1n) is 9.77. The summed E-state index contributed by atoms with van der Waals surface area (Å²) < 4.78 is 17.7. The predicted molar refractivity (Wildman–Crippen MR) is 129 cm³/mol. The number of nitrogens with zero attached hydrogens (tertiary/aromatic N) is 2. The quantitative estimate of drug-likeness (QED) is 0.268. The Labute approximate surface area is 200 Å². The Morgan fingerprint density at radius 3 is 2.59 bits per heavy atom. The van der Waals surface area contributed by atoms with Crippen LogP contribution in [0.2, 0.25) is 0 Å². The van der Waals surface area contributed by atoms with E-state index in [-0.39, 0.29) is 12.3 Å². The smallest absolute Gasteiger partial charge is 0.259 e. The molecule has 2 N–H and O–H groups in total. The Morgan fingerprint density at radius 2 is 1.91 bits per heavy atom. The molecule has 8 nitrogen and oxygen atoms in total. The molecule has 32 heavy (non-hydrogen) atoms. The molecule has 0 amide bonds. The van der Waals surface area contributed by atoms with Crippen molar-refractivity contribution in [3.8, 4) is 23.0 Å². The lowest BCUT2D eigenvalue weighted by molar-refractivity contribution is 0.101. The summed E-state index contributed by atoms with van der Waals surface area (Å²) in [5.41, 5.74) is 2.74. The van der Waals surface area contributed by atoms with E-state index in [1.165, 1.54) is 0 Å². The summed E-state index contributed by atoms with van der Waals surface area (Å²) in [6, 6.07) is 7.34. The van der Waals surface area contributed by atoms with Gasteiger partial charge in [0.25, 0.3) is 5.89 Å². The van der Waals surface area contributed by atoms with Crippen molar-refractivity contribution in [1.29, 1.82) is 0 Å². The van der Waals surface area contributed by atoms with E-state index in [0.717, 1.165) is 19.8 Å². The van der Waals surface area contributed by atoms with Gasteiger partial charge in [0.2, 0.25) is 0 Å². The van der Waals surface area contributed by atoms with Crippen molar-refractivity contribution in [2.45, 2.75) is 13.3 Å². The molecule has 0 fully saturated rings. The van der Waals surface area contributed by atoms with E-state index >= 15 is 0 Å². The van der Waals surface area contributed by atoms with Gasteiger partial charge in [0.15, 0.2) is 11.6 Å². The molecular formula is C22H20Br2N4O4. The predicted octanol–water partition coefficient (Wildman–Crippen LogP) is 5.62. The number of nitrogens with one attached hydrogen (secondary N) is 2. The van der Waals surface area contributed by atoms with Gasteiger partial charge in [-0.1, -0.05) is 12.1 Å². The van der Waals surface area contributed by atoms with Gasteiger partial charge in [-0.3, -0.25) is 4.79 Å². The van der Waals surface area contributed by atoms with Crippen molar-refractivity contribution in [2.24, 2.45) is 0 Å². The molecule has 0 aliphatic carbocycles. The van der Waals surface area contributed by atoms with Gasteiger partial charge in [0.1, 0.15) is 11.5 Å². The Morgan fingerprint density at radius 1 is 1.12 bits per heavy atom. The highest BCUT2D eigenvalue weighted by Gasteiger charge is 2.18. The lowest BCUT2D eigenvalue weighted by Crippen LogP contribution is -2.14. The van der Waals surface area contributed by atoms with Gasteiger partial charge in [0, 0.05) is 39.6 Å². The van der Waals surface area contributed by atoms with Crippen LogP contribution in [0.4, 0.5) is 5.69 Å². The van der Waals surface area contributed by atoms with Gasteiger partial charge in [-0.05, 0) is 50.1 Å². The summed E-state index contributed by atoms with van der Waals surface area (Å²) in [6.07, 6.45) is 2.37. The SMILES string of the molecule is CCc1noc(-c2cc(NCC(=O)c3c[nH]c4cc(OC)c(Br)cc34)c(OC)cc2Br)n1. The number of ether oxygens (including phenoxy) is 2. The van der Waals surface area contributed by atoms with Crippen LogP contribution >= 0.6 is 31.9 Å². The molecule has 0 radical (unpaired) electrons. The first-order valence-corrected chi connectivity index (χ1v) is 11.4. The van der Waals surface area contributed by atoms with E-state index < -0.39 is 0 Å². The lowest BCUT2D eigenvalue weighted by Gasteiger charge is -2.13. The molecule has 2 aromatic carbocycles. The number of aryl methyl sites for hydroxylation is 1. The molecule has 0 aliphatic rings. The van der Waals surface area contributed by atoms with Crippen LogP contribution in [0.25, 0.3) is 22.4 Å². The molecule has 2 aromatic heterocycles. The maximum absolute atomic E-state index is 13.0. The van der Waals surface area contributed by atoms with Crippen molar-refractivity contribution < 1.29 is 18.8 Å². The van der Waals surface area contributed by atoms with E-state index in [2.05, 4.69) is 52.3 Å². The highest BCUT2D eigenvalue weighted by atomic mass is 79.9. The van der Waals surface area contributed by atoms with E-state index in [0.29, 0.717) is 46.4 Å². The minimum atomic E-state index is -0.0779. The monoisotopic (exact) mass is 562 g/mol. The average Bonchev–Trinajstić information content (AvgIpc) is 3.44. The van der Waals surface area contributed by atoms with Crippen molar-refractivity contribution in [2.75, 3.05) is 26.1 Å². The molecule has 0 spiro atoms. The van der Waals surface area contributed by atoms with Crippen LogP contribution in [0.5, 0.6) is 11.5 Å². The normalized spacial score (nSPS) is 11.0. The maximum Gasteiger partial charge on any atom is 0.259 e.